The largest absolute Gasteiger partial charge is 0.376 e. The zero-order valence-electron chi connectivity index (χ0n) is 13.7. The molecule has 2 aliphatic carbocycles. The van der Waals surface area contributed by atoms with Crippen LogP contribution in [-0.2, 0) is 26.1 Å². The van der Waals surface area contributed by atoms with Crippen LogP contribution in [0.3, 0.4) is 0 Å². The Bertz CT molecular complexity index is 662. The Labute approximate surface area is 143 Å². The molecule has 7 heteroatoms. The highest BCUT2D eigenvalue weighted by molar-refractivity contribution is 7.90. The van der Waals surface area contributed by atoms with Gasteiger partial charge in [0.05, 0.1) is 30.6 Å². The number of sulfonamides is 1. The fourth-order valence-electron chi connectivity index (χ4n) is 3.85. The molecule has 2 heterocycles. The standard InChI is InChI=1S/C17H24N2O4S/c20-24(21,15-1-2-15)19-7-8-23-17-10-14(9-16(17)19)12-22-11-13-3-5-18-6-4-13/h3-6,14-17H,1-2,7-12H2. The fraction of sp³-hybridized carbons (Fsp3) is 0.706. The SMILES string of the molecule is O=S(=O)(C1CC1)N1CCOC2CC(COCc3ccncc3)CC21. The molecule has 0 N–H and O–H groups in total. The first-order valence-electron chi connectivity index (χ1n) is 8.73. The summed E-state index contributed by atoms with van der Waals surface area (Å²) in [5, 5.41) is -0.141. The van der Waals surface area contributed by atoms with Gasteiger partial charge in [-0.25, -0.2) is 8.42 Å². The summed E-state index contributed by atoms with van der Waals surface area (Å²) in [5.41, 5.74) is 1.11. The zero-order chi connectivity index (χ0) is 16.6. The van der Waals surface area contributed by atoms with E-state index in [4.69, 9.17) is 9.47 Å². The van der Waals surface area contributed by atoms with Crippen molar-refractivity contribution < 1.29 is 17.9 Å². The molecule has 3 atom stereocenters. The zero-order valence-corrected chi connectivity index (χ0v) is 14.5. The first-order chi connectivity index (χ1) is 11.6. The van der Waals surface area contributed by atoms with E-state index in [1.54, 1.807) is 16.7 Å². The van der Waals surface area contributed by atoms with Crippen LogP contribution in [0.25, 0.3) is 0 Å². The van der Waals surface area contributed by atoms with Gasteiger partial charge in [0.25, 0.3) is 0 Å². The van der Waals surface area contributed by atoms with Gasteiger partial charge >= 0.3 is 0 Å². The van der Waals surface area contributed by atoms with Crippen LogP contribution in [0.4, 0.5) is 0 Å². The van der Waals surface area contributed by atoms with Gasteiger partial charge in [-0.3, -0.25) is 4.98 Å². The van der Waals surface area contributed by atoms with Gasteiger partial charge in [-0.15, -0.1) is 0 Å². The van der Waals surface area contributed by atoms with Gasteiger partial charge in [-0.05, 0) is 49.3 Å². The Balaban J connectivity index is 1.34. The molecule has 3 aliphatic rings. The maximum absolute atomic E-state index is 12.6. The van der Waals surface area contributed by atoms with Crippen molar-refractivity contribution in [2.45, 2.75) is 49.7 Å². The number of pyridine rings is 1. The minimum Gasteiger partial charge on any atom is -0.376 e. The van der Waals surface area contributed by atoms with E-state index < -0.39 is 10.0 Å². The molecular weight excluding hydrogens is 328 g/mol. The van der Waals surface area contributed by atoms with Crippen molar-refractivity contribution in [2.24, 2.45) is 5.92 Å². The molecule has 4 rings (SSSR count). The summed E-state index contributed by atoms with van der Waals surface area (Å²) in [5.74, 6) is 0.358. The molecule has 1 saturated heterocycles. The number of ether oxygens (including phenoxy) is 2. The fourth-order valence-corrected chi connectivity index (χ4v) is 5.89. The predicted molar refractivity (Wildman–Crippen MR) is 88.8 cm³/mol. The Hall–Kier alpha value is -1.02. The van der Waals surface area contributed by atoms with Crippen molar-refractivity contribution in [1.82, 2.24) is 9.29 Å². The molecule has 1 aliphatic heterocycles. The molecule has 6 nitrogen and oxygen atoms in total. The van der Waals surface area contributed by atoms with E-state index in [-0.39, 0.29) is 17.4 Å². The second-order valence-electron chi connectivity index (χ2n) is 7.04. The molecule has 0 aromatic carbocycles. The lowest BCUT2D eigenvalue weighted by Gasteiger charge is -2.36. The Kier molecular flexibility index (Phi) is 4.60. The second-order valence-corrected chi connectivity index (χ2v) is 9.21. The summed E-state index contributed by atoms with van der Waals surface area (Å²) in [4.78, 5) is 4.00. The quantitative estimate of drug-likeness (QED) is 0.777. The van der Waals surface area contributed by atoms with E-state index in [2.05, 4.69) is 4.98 Å². The number of rotatable bonds is 6. The number of fused-ring (bicyclic) bond motifs is 1. The highest BCUT2D eigenvalue weighted by Crippen LogP contribution is 2.40. The van der Waals surface area contributed by atoms with Crippen LogP contribution in [-0.4, -0.2) is 54.9 Å². The molecule has 3 fully saturated rings. The lowest BCUT2D eigenvalue weighted by atomic mass is 10.1. The van der Waals surface area contributed by atoms with Crippen LogP contribution < -0.4 is 0 Å². The normalized spacial score (nSPS) is 31.1. The molecule has 132 valence electrons. The lowest BCUT2D eigenvalue weighted by molar-refractivity contribution is -0.0253. The van der Waals surface area contributed by atoms with Gasteiger partial charge in [0, 0.05) is 25.5 Å². The van der Waals surface area contributed by atoms with Gasteiger partial charge in [0.15, 0.2) is 0 Å². The minimum atomic E-state index is -3.12. The van der Waals surface area contributed by atoms with Gasteiger partial charge in [0.2, 0.25) is 10.0 Å². The maximum Gasteiger partial charge on any atom is 0.217 e. The van der Waals surface area contributed by atoms with Gasteiger partial charge in [-0.2, -0.15) is 4.31 Å². The van der Waals surface area contributed by atoms with Crippen molar-refractivity contribution in [3.05, 3.63) is 30.1 Å². The van der Waals surface area contributed by atoms with Crippen LogP contribution in [0.5, 0.6) is 0 Å². The van der Waals surface area contributed by atoms with E-state index in [1.165, 1.54) is 0 Å². The van der Waals surface area contributed by atoms with E-state index in [9.17, 15) is 8.42 Å². The van der Waals surface area contributed by atoms with Gasteiger partial charge < -0.3 is 9.47 Å². The van der Waals surface area contributed by atoms with Crippen molar-refractivity contribution >= 4 is 10.0 Å². The summed E-state index contributed by atoms with van der Waals surface area (Å²) in [6.45, 7) is 2.23. The van der Waals surface area contributed by atoms with Crippen molar-refractivity contribution in [2.75, 3.05) is 19.8 Å². The molecule has 0 spiro atoms. The van der Waals surface area contributed by atoms with Crippen LogP contribution in [0.2, 0.25) is 0 Å². The summed E-state index contributed by atoms with van der Waals surface area (Å²) in [7, 11) is -3.12. The van der Waals surface area contributed by atoms with Crippen molar-refractivity contribution in [3.8, 4) is 0 Å². The van der Waals surface area contributed by atoms with Crippen molar-refractivity contribution in [1.29, 1.82) is 0 Å². The van der Waals surface area contributed by atoms with Crippen LogP contribution >= 0.6 is 0 Å². The average molecular weight is 352 g/mol. The number of hydrogen-bond donors (Lipinski definition) is 0. The predicted octanol–water partition coefficient (Wildman–Crippen LogP) is 1.57. The van der Waals surface area contributed by atoms with E-state index in [0.29, 0.717) is 32.3 Å². The molecule has 1 aromatic heterocycles. The summed E-state index contributed by atoms with van der Waals surface area (Å²) < 4.78 is 38.7. The highest BCUT2D eigenvalue weighted by atomic mass is 32.2. The minimum absolute atomic E-state index is 0.00104. The number of hydrogen-bond acceptors (Lipinski definition) is 5. The van der Waals surface area contributed by atoms with Crippen LogP contribution in [0.15, 0.2) is 24.5 Å². The van der Waals surface area contributed by atoms with E-state index >= 15 is 0 Å². The lowest BCUT2D eigenvalue weighted by Crippen LogP contribution is -2.52. The third-order valence-corrected chi connectivity index (χ3v) is 7.65. The monoisotopic (exact) mass is 352 g/mol. The Morgan fingerprint density at radius 2 is 2.04 bits per heavy atom. The topological polar surface area (TPSA) is 68.7 Å². The summed E-state index contributed by atoms with van der Waals surface area (Å²) in [6, 6.07) is 3.89. The molecule has 2 saturated carbocycles. The van der Waals surface area contributed by atoms with E-state index in [1.807, 2.05) is 12.1 Å². The summed E-state index contributed by atoms with van der Waals surface area (Å²) >= 11 is 0. The second kappa shape index (κ2) is 6.71. The maximum atomic E-state index is 12.6. The molecular formula is C17H24N2O4S. The third-order valence-electron chi connectivity index (χ3n) is 5.23. The van der Waals surface area contributed by atoms with Crippen LogP contribution in [0.1, 0.15) is 31.2 Å². The number of morpholine rings is 1. The smallest absolute Gasteiger partial charge is 0.217 e. The Morgan fingerprint density at radius 1 is 1.25 bits per heavy atom. The van der Waals surface area contributed by atoms with Crippen molar-refractivity contribution in [3.63, 3.8) is 0 Å². The summed E-state index contributed by atoms with van der Waals surface area (Å²) in [6.07, 6.45) is 6.91. The molecule has 24 heavy (non-hydrogen) atoms. The van der Waals surface area contributed by atoms with E-state index in [0.717, 1.165) is 31.2 Å². The first-order valence-corrected chi connectivity index (χ1v) is 10.2. The third kappa shape index (κ3) is 3.35. The molecule has 1 aromatic rings. The molecule has 0 radical (unpaired) electrons. The van der Waals surface area contributed by atoms with Crippen LogP contribution in [0, 0.1) is 5.92 Å². The molecule has 3 unspecified atom stereocenters. The highest BCUT2D eigenvalue weighted by Gasteiger charge is 2.49. The number of nitrogens with zero attached hydrogens (tertiary/aromatic N) is 2. The molecule has 0 amide bonds. The first kappa shape index (κ1) is 16.4. The Morgan fingerprint density at radius 3 is 2.79 bits per heavy atom. The van der Waals surface area contributed by atoms with Gasteiger partial charge in [-0.1, -0.05) is 0 Å². The average Bonchev–Trinajstić information content (AvgIpc) is 3.36. The molecule has 0 bridgehead atoms. The van der Waals surface area contributed by atoms with Gasteiger partial charge in [0.1, 0.15) is 0 Å². The number of aromatic nitrogens is 1.